The molecule has 0 bridgehead atoms. The molecule has 4 amide bonds. The Kier molecular flexibility index (Phi) is 25.0. The molecule has 2 rings (SSSR count). The number of benzene rings is 1. The molecular weight excluding hydrogens is 726 g/mol. The number of hydrogen-bond donors (Lipinski definition) is 5. The van der Waals surface area contributed by atoms with Crippen LogP contribution in [0.25, 0.3) is 0 Å². The predicted molar refractivity (Wildman–Crippen MR) is 211 cm³/mol. The van der Waals surface area contributed by atoms with Gasteiger partial charge in [-0.3, -0.25) is 15.0 Å². The van der Waals surface area contributed by atoms with E-state index in [1.807, 2.05) is 51.1 Å². The molecule has 16 heteroatoms. The highest BCUT2D eigenvalue weighted by Crippen LogP contribution is 2.24. The Bertz CT molecular complexity index is 1240. The minimum Gasteiger partial charge on any atom is -0.447 e. The molecule has 0 spiro atoms. The van der Waals surface area contributed by atoms with Gasteiger partial charge in [0.1, 0.15) is 25.3 Å². The molecule has 0 heterocycles. The second-order valence-electron chi connectivity index (χ2n) is 14.7. The molecule has 5 N–H and O–H groups in total. The zero-order valence-corrected chi connectivity index (χ0v) is 34.4. The molecule has 1 aliphatic carbocycles. The number of nitrogens with zero attached hydrogens (tertiary/aromatic N) is 1. The van der Waals surface area contributed by atoms with Gasteiger partial charge in [-0.25, -0.2) is 14.6 Å². The van der Waals surface area contributed by atoms with Crippen molar-refractivity contribution in [2.45, 2.75) is 97.4 Å². The van der Waals surface area contributed by atoms with Crippen LogP contribution >= 0.6 is 0 Å². The smallest absolute Gasteiger partial charge is 0.407 e. The van der Waals surface area contributed by atoms with Crippen LogP contribution in [0.1, 0.15) is 72.3 Å². The number of hydrazine groups is 1. The lowest BCUT2D eigenvalue weighted by atomic mass is 9.89. The van der Waals surface area contributed by atoms with Crippen LogP contribution in [0.5, 0.6) is 0 Å². The number of aliphatic hydroxyl groups is 1. The first-order chi connectivity index (χ1) is 26.9. The van der Waals surface area contributed by atoms with E-state index in [4.69, 9.17) is 28.4 Å². The van der Waals surface area contributed by atoms with Crippen molar-refractivity contribution in [1.29, 1.82) is 0 Å². The van der Waals surface area contributed by atoms with Gasteiger partial charge in [-0.1, -0.05) is 77.3 Å². The number of methoxy groups -OCH3 is 1. The van der Waals surface area contributed by atoms with Gasteiger partial charge >= 0.3 is 12.2 Å². The van der Waals surface area contributed by atoms with Crippen LogP contribution in [-0.4, -0.2) is 138 Å². The van der Waals surface area contributed by atoms with E-state index in [0.29, 0.717) is 39.6 Å². The summed E-state index contributed by atoms with van der Waals surface area (Å²) >= 11 is 0. The molecule has 56 heavy (non-hydrogen) atoms. The second kappa shape index (κ2) is 28.8. The van der Waals surface area contributed by atoms with E-state index >= 15 is 0 Å². The Morgan fingerprint density at radius 3 is 1.82 bits per heavy atom. The fraction of sp³-hybridized carbons (Fsp3) is 0.750. The molecule has 1 saturated carbocycles. The predicted octanol–water partition coefficient (Wildman–Crippen LogP) is 3.21. The molecule has 1 aromatic carbocycles. The number of rotatable bonds is 28. The summed E-state index contributed by atoms with van der Waals surface area (Å²) in [7, 11) is 1.57. The topological polar surface area (TPSA) is 195 Å². The van der Waals surface area contributed by atoms with Crippen molar-refractivity contribution < 1.29 is 52.7 Å². The summed E-state index contributed by atoms with van der Waals surface area (Å²) in [6.07, 6.45) is 2.88. The second-order valence-corrected chi connectivity index (χ2v) is 14.7. The maximum Gasteiger partial charge on any atom is 0.407 e. The van der Waals surface area contributed by atoms with Crippen molar-refractivity contribution in [3.05, 3.63) is 35.9 Å². The number of ether oxygens (including phenoxy) is 6. The summed E-state index contributed by atoms with van der Waals surface area (Å²) in [6, 6.07) is 6.77. The van der Waals surface area contributed by atoms with Crippen LogP contribution in [0, 0.1) is 17.8 Å². The van der Waals surface area contributed by atoms with Crippen LogP contribution in [0.2, 0.25) is 0 Å². The quantitative estimate of drug-likeness (QED) is 0.0615. The average Bonchev–Trinajstić information content (AvgIpc) is 3.17. The van der Waals surface area contributed by atoms with Crippen LogP contribution in [0.4, 0.5) is 9.59 Å². The lowest BCUT2D eigenvalue weighted by molar-refractivity contribution is -0.131. The van der Waals surface area contributed by atoms with Gasteiger partial charge in [-0.2, -0.15) is 0 Å². The molecule has 320 valence electrons. The van der Waals surface area contributed by atoms with E-state index in [-0.39, 0.29) is 57.1 Å². The first-order valence-electron chi connectivity index (χ1n) is 20.1. The van der Waals surface area contributed by atoms with E-state index in [1.54, 1.807) is 26.0 Å². The number of alkyl carbamates (subject to hydrolysis) is 2. The standard InChI is InChI=1S/C40H69N5O11/c1-7-52-20-21-54-23-25-55-39(49)42-35(29(2)3)37(47)41-33(26-31-14-10-8-11-15-31)34(46)28-45(27-32-16-12-9-13-17-32)44-38(48)36(30(4)5)43-40(50)56-24-22-53-19-18-51-6/h8,10-11,14-15,29-30,32-36,46H,7,9,12-13,16-28H2,1-6H3,(H,41,47)(H,42,49)(H,43,50)(H,44,48)/t33?,34?,35-,36-/m0/s1. The van der Waals surface area contributed by atoms with Gasteiger partial charge in [0.25, 0.3) is 5.91 Å². The number of aliphatic hydroxyl groups excluding tert-OH is 1. The number of amides is 4. The summed E-state index contributed by atoms with van der Waals surface area (Å²) in [5.74, 6) is -1.26. The molecule has 1 aliphatic rings. The van der Waals surface area contributed by atoms with Gasteiger partial charge in [-0.05, 0) is 49.5 Å². The third-order valence-corrected chi connectivity index (χ3v) is 9.34. The molecule has 0 saturated heterocycles. The van der Waals surface area contributed by atoms with Crippen LogP contribution < -0.4 is 21.4 Å². The number of carbonyl (C=O) groups excluding carboxylic acids is 4. The third-order valence-electron chi connectivity index (χ3n) is 9.34. The number of nitrogens with one attached hydrogen (secondary N) is 4. The van der Waals surface area contributed by atoms with Crippen LogP contribution in [-0.2, 0) is 44.4 Å². The third kappa shape index (κ3) is 20.6. The molecule has 1 aromatic rings. The Hall–Kier alpha value is -3.54. The summed E-state index contributed by atoms with van der Waals surface area (Å²) < 4.78 is 31.4. The number of carbonyl (C=O) groups is 4. The molecule has 16 nitrogen and oxygen atoms in total. The van der Waals surface area contributed by atoms with Crippen molar-refractivity contribution in [3.63, 3.8) is 0 Å². The summed E-state index contributed by atoms with van der Waals surface area (Å²) in [5.41, 5.74) is 3.85. The van der Waals surface area contributed by atoms with Crippen molar-refractivity contribution in [2.24, 2.45) is 17.8 Å². The van der Waals surface area contributed by atoms with E-state index in [2.05, 4.69) is 21.4 Å². The minimum absolute atomic E-state index is 0.000925. The van der Waals surface area contributed by atoms with E-state index in [9.17, 15) is 24.3 Å². The largest absolute Gasteiger partial charge is 0.447 e. The molecule has 0 radical (unpaired) electrons. The lowest BCUT2D eigenvalue weighted by Crippen LogP contribution is -2.60. The summed E-state index contributed by atoms with van der Waals surface area (Å²) in [5, 5.41) is 21.9. The molecule has 1 fully saturated rings. The van der Waals surface area contributed by atoms with Gasteiger partial charge in [0.15, 0.2) is 0 Å². The molecule has 2 unspecified atom stereocenters. The van der Waals surface area contributed by atoms with Gasteiger partial charge in [0.05, 0.1) is 51.8 Å². The normalized spacial score (nSPS) is 15.5. The summed E-state index contributed by atoms with van der Waals surface area (Å²) in [6.45, 7) is 12.2. The van der Waals surface area contributed by atoms with Crippen LogP contribution in [0.15, 0.2) is 30.3 Å². The molecular formula is C40H69N5O11. The first kappa shape index (κ1) is 48.6. The maximum absolute atomic E-state index is 13.8. The first-order valence-corrected chi connectivity index (χ1v) is 20.1. The molecule has 0 aromatic heterocycles. The van der Waals surface area contributed by atoms with Gasteiger partial charge in [-0.15, -0.1) is 0 Å². The van der Waals surface area contributed by atoms with E-state index in [1.165, 1.54) is 0 Å². The number of hydrogen-bond acceptors (Lipinski definition) is 12. The fourth-order valence-electron chi connectivity index (χ4n) is 6.25. The molecule has 4 atom stereocenters. The van der Waals surface area contributed by atoms with Crippen molar-refractivity contribution in [2.75, 3.05) is 79.7 Å². The highest BCUT2D eigenvalue weighted by Gasteiger charge is 2.33. The van der Waals surface area contributed by atoms with Crippen molar-refractivity contribution >= 4 is 24.0 Å². The highest BCUT2D eigenvalue weighted by atomic mass is 16.6. The Morgan fingerprint density at radius 1 is 0.732 bits per heavy atom. The van der Waals surface area contributed by atoms with Gasteiger partial charge in [0.2, 0.25) is 5.91 Å². The van der Waals surface area contributed by atoms with Crippen molar-refractivity contribution in [1.82, 2.24) is 26.4 Å². The lowest BCUT2D eigenvalue weighted by Gasteiger charge is -2.35. The van der Waals surface area contributed by atoms with Gasteiger partial charge < -0.3 is 49.5 Å². The average molecular weight is 796 g/mol. The summed E-state index contributed by atoms with van der Waals surface area (Å²) in [4.78, 5) is 52.9. The zero-order chi connectivity index (χ0) is 41.1. The van der Waals surface area contributed by atoms with E-state index in [0.717, 1.165) is 37.7 Å². The molecule has 0 aliphatic heterocycles. The Balaban J connectivity index is 2.17. The highest BCUT2D eigenvalue weighted by molar-refractivity contribution is 5.86. The monoisotopic (exact) mass is 795 g/mol. The van der Waals surface area contributed by atoms with Crippen molar-refractivity contribution in [3.8, 4) is 0 Å². The van der Waals surface area contributed by atoms with Gasteiger partial charge in [0, 0.05) is 26.8 Å². The minimum atomic E-state index is -1.15. The SMILES string of the molecule is CCOCCOCCOC(=O)N[C@H](C(=O)NC(Cc1ccccc1)C(O)CN(CC1CCCCC1)NC(=O)[C@@H](NC(=O)OCCOCCOC)C(C)C)C(C)C. The Morgan fingerprint density at radius 2 is 1.27 bits per heavy atom. The Labute approximate surface area is 333 Å². The van der Waals surface area contributed by atoms with E-state index < -0.39 is 48.2 Å². The van der Waals surface area contributed by atoms with Crippen LogP contribution in [0.3, 0.4) is 0 Å². The fourth-order valence-corrected chi connectivity index (χ4v) is 6.25. The zero-order valence-electron chi connectivity index (χ0n) is 34.4. The maximum atomic E-state index is 13.8.